The van der Waals surface area contributed by atoms with Gasteiger partial charge in [0.1, 0.15) is 5.03 Å². The zero-order chi connectivity index (χ0) is 15.9. The molecule has 0 saturated carbocycles. The van der Waals surface area contributed by atoms with Crippen LogP contribution in [0.5, 0.6) is 0 Å². The van der Waals surface area contributed by atoms with Gasteiger partial charge in [-0.3, -0.25) is 10.1 Å². The van der Waals surface area contributed by atoms with E-state index < -0.39 is 11.0 Å². The number of nitrogens with two attached hydrogens (primary N) is 1. The van der Waals surface area contributed by atoms with E-state index in [2.05, 4.69) is 10.1 Å². The Balaban J connectivity index is 2.32. The maximum absolute atomic E-state index is 10.9. The third-order valence-electron chi connectivity index (χ3n) is 2.43. The maximum atomic E-state index is 10.9. The summed E-state index contributed by atoms with van der Waals surface area (Å²) in [6, 6.07) is 8.97. The number of carbonyl (C=O) groups excluding carboxylic acids is 1. The van der Waals surface area contributed by atoms with Crippen LogP contribution in [-0.4, -0.2) is 22.2 Å². The van der Waals surface area contributed by atoms with Crippen molar-refractivity contribution in [3.8, 4) is 0 Å². The number of primary amides is 1. The number of rotatable bonds is 5. The van der Waals surface area contributed by atoms with E-state index in [1.165, 1.54) is 30.1 Å². The molecule has 2 rings (SSSR count). The molecule has 22 heavy (non-hydrogen) atoms. The summed E-state index contributed by atoms with van der Waals surface area (Å²) < 4.78 is 0. The molecule has 3 N–H and O–H groups in total. The summed E-state index contributed by atoms with van der Waals surface area (Å²) >= 11 is 1.32. The average Bonchev–Trinajstić information content (AvgIpc) is 2.49. The first-order valence-electron chi connectivity index (χ1n) is 6.02. The Labute approximate surface area is 129 Å². The molecule has 0 spiro atoms. The maximum Gasteiger partial charge on any atom is 0.332 e. The summed E-state index contributed by atoms with van der Waals surface area (Å²) in [5.74, 6) is 0. The van der Waals surface area contributed by atoms with Gasteiger partial charge in [-0.05, 0) is 18.2 Å². The molecule has 2 amide bonds. The molecule has 112 valence electrons. The minimum absolute atomic E-state index is 0.0779. The molecule has 0 unspecified atom stereocenters. The van der Waals surface area contributed by atoms with Gasteiger partial charge >= 0.3 is 6.03 Å². The number of nitrogens with zero attached hydrogens (tertiary/aromatic N) is 3. The van der Waals surface area contributed by atoms with Crippen molar-refractivity contribution in [1.82, 2.24) is 10.4 Å². The van der Waals surface area contributed by atoms with Gasteiger partial charge in [-0.2, -0.15) is 5.10 Å². The van der Waals surface area contributed by atoms with Crippen LogP contribution >= 0.6 is 11.8 Å². The minimum Gasteiger partial charge on any atom is -0.350 e. The van der Waals surface area contributed by atoms with E-state index in [4.69, 9.17) is 5.73 Å². The largest absolute Gasteiger partial charge is 0.350 e. The van der Waals surface area contributed by atoms with Crippen molar-refractivity contribution in [3.05, 3.63) is 58.3 Å². The van der Waals surface area contributed by atoms with Crippen molar-refractivity contribution in [2.45, 2.75) is 9.92 Å². The Morgan fingerprint density at radius 3 is 2.86 bits per heavy atom. The van der Waals surface area contributed by atoms with Crippen LogP contribution in [0.25, 0.3) is 0 Å². The average molecular weight is 317 g/mol. The van der Waals surface area contributed by atoms with Crippen LogP contribution in [-0.2, 0) is 0 Å². The number of hydrogen-bond acceptors (Lipinski definition) is 6. The molecule has 0 saturated heterocycles. The number of pyridine rings is 1. The standard InChI is InChI=1S/C13H11N5O3S/c14-13(19)17-16-8-9-7-10(18(20)21)4-5-11(9)22-12-3-1-2-6-15-12/h1-8H,(H3,14,17,19). The number of benzene rings is 1. The highest BCUT2D eigenvalue weighted by Crippen LogP contribution is 2.30. The Hall–Kier alpha value is -2.94. The van der Waals surface area contributed by atoms with Gasteiger partial charge in [0.05, 0.1) is 11.1 Å². The van der Waals surface area contributed by atoms with Gasteiger partial charge in [-0.25, -0.2) is 15.2 Å². The lowest BCUT2D eigenvalue weighted by Gasteiger charge is -2.05. The number of urea groups is 1. The first kappa shape index (κ1) is 15.4. The summed E-state index contributed by atoms with van der Waals surface area (Å²) in [7, 11) is 0. The number of non-ortho nitro benzene ring substituents is 1. The first-order chi connectivity index (χ1) is 10.6. The lowest BCUT2D eigenvalue weighted by molar-refractivity contribution is -0.384. The lowest BCUT2D eigenvalue weighted by Crippen LogP contribution is -2.24. The quantitative estimate of drug-likeness (QED) is 0.496. The molecule has 1 heterocycles. The number of amides is 2. The number of nitro groups is 1. The number of aromatic nitrogens is 1. The SMILES string of the molecule is NC(=O)NN=Cc1cc([N+](=O)[O-])ccc1Sc1ccccn1. The minimum atomic E-state index is -0.819. The monoisotopic (exact) mass is 317 g/mol. The summed E-state index contributed by atoms with van der Waals surface area (Å²) in [5, 5.41) is 15.2. The number of nitro benzene ring substituents is 1. The third-order valence-corrected chi connectivity index (χ3v) is 3.48. The predicted molar refractivity (Wildman–Crippen MR) is 81.8 cm³/mol. The van der Waals surface area contributed by atoms with Crippen LogP contribution in [0.4, 0.5) is 10.5 Å². The molecular formula is C13H11N5O3S. The fourth-order valence-corrected chi connectivity index (χ4v) is 2.38. The highest BCUT2D eigenvalue weighted by atomic mass is 32.2. The van der Waals surface area contributed by atoms with E-state index in [1.54, 1.807) is 18.3 Å². The summed E-state index contributed by atoms with van der Waals surface area (Å²) in [6.07, 6.45) is 2.94. The Kier molecular flexibility index (Phi) is 5.04. The molecule has 8 nitrogen and oxygen atoms in total. The number of carbonyl (C=O) groups is 1. The van der Waals surface area contributed by atoms with E-state index in [9.17, 15) is 14.9 Å². The van der Waals surface area contributed by atoms with E-state index in [0.717, 1.165) is 5.03 Å². The van der Waals surface area contributed by atoms with Gasteiger partial charge in [0.2, 0.25) is 0 Å². The van der Waals surface area contributed by atoms with Crippen LogP contribution in [0, 0.1) is 10.1 Å². The molecule has 0 atom stereocenters. The van der Waals surface area contributed by atoms with E-state index >= 15 is 0 Å². The van der Waals surface area contributed by atoms with E-state index in [-0.39, 0.29) is 5.69 Å². The Morgan fingerprint density at radius 2 is 2.23 bits per heavy atom. The molecule has 0 aliphatic rings. The molecule has 0 fully saturated rings. The summed E-state index contributed by atoms with van der Waals surface area (Å²) in [5.41, 5.74) is 7.35. The van der Waals surface area contributed by atoms with Gasteiger partial charge in [-0.1, -0.05) is 17.8 Å². The highest BCUT2D eigenvalue weighted by Gasteiger charge is 2.11. The van der Waals surface area contributed by atoms with Crippen molar-refractivity contribution in [2.75, 3.05) is 0 Å². The van der Waals surface area contributed by atoms with Crippen molar-refractivity contribution in [2.24, 2.45) is 10.8 Å². The second kappa shape index (κ2) is 7.18. The van der Waals surface area contributed by atoms with Crippen LogP contribution in [0.15, 0.2) is 57.6 Å². The Morgan fingerprint density at radius 1 is 1.41 bits per heavy atom. The smallest absolute Gasteiger partial charge is 0.332 e. The van der Waals surface area contributed by atoms with Crippen LogP contribution in [0.1, 0.15) is 5.56 Å². The van der Waals surface area contributed by atoms with E-state index in [1.807, 2.05) is 17.6 Å². The predicted octanol–water partition coefficient (Wildman–Crippen LogP) is 2.14. The molecule has 0 aliphatic heterocycles. The lowest BCUT2D eigenvalue weighted by atomic mass is 10.2. The van der Waals surface area contributed by atoms with Crippen LogP contribution in [0.2, 0.25) is 0 Å². The molecule has 1 aromatic heterocycles. The fourth-order valence-electron chi connectivity index (χ4n) is 1.53. The molecule has 0 bridgehead atoms. The molecule has 0 radical (unpaired) electrons. The van der Waals surface area contributed by atoms with Gasteiger partial charge in [0.15, 0.2) is 0 Å². The normalized spacial score (nSPS) is 10.5. The number of nitrogens with one attached hydrogen (secondary N) is 1. The summed E-state index contributed by atoms with van der Waals surface area (Å²) in [6.45, 7) is 0. The van der Waals surface area contributed by atoms with Crippen molar-refractivity contribution < 1.29 is 9.72 Å². The first-order valence-corrected chi connectivity index (χ1v) is 6.84. The Bertz CT molecular complexity index is 721. The second-order valence-corrected chi connectivity index (χ2v) is 5.05. The second-order valence-electron chi connectivity index (χ2n) is 3.98. The van der Waals surface area contributed by atoms with Crippen molar-refractivity contribution in [1.29, 1.82) is 0 Å². The zero-order valence-corrected chi connectivity index (χ0v) is 12.0. The van der Waals surface area contributed by atoms with Gasteiger partial charge in [-0.15, -0.1) is 0 Å². The number of hydrazone groups is 1. The van der Waals surface area contributed by atoms with Crippen LogP contribution in [0.3, 0.4) is 0 Å². The van der Waals surface area contributed by atoms with Gasteiger partial charge in [0.25, 0.3) is 5.69 Å². The molecule has 9 heteroatoms. The topological polar surface area (TPSA) is 124 Å². The zero-order valence-electron chi connectivity index (χ0n) is 11.2. The highest BCUT2D eigenvalue weighted by molar-refractivity contribution is 7.99. The van der Waals surface area contributed by atoms with Gasteiger partial charge < -0.3 is 5.73 Å². The van der Waals surface area contributed by atoms with E-state index in [0.29, 0.717) is 10.5 Å². The molecular weight excluding hydrogens is 306 g/mol. The summed E-state index contributed by atoms with van der Waals surface area (Å²) in [4.78, 5) is 25.8. The fraction of sp³-hybridized carbons (Fsp3) is 0. The molecule has 1 aromatic carbocycles. The van der Waals surface area contributed by atoms with Crippen molar-refractivity contribution in [3.63, 3.8) is 0 Å². The molecule has 0 aliphatic carbocycles. The van der Waals surface area contributed by atoms with Crippen LogP contribution < -0.4 is 11.2 Å². The number of hydrogen-bond donors (Lipinski definition) is 2. The third kappa shape index (κ3) is 4.28. The van der Waals surface area contributed by atoms with Crippen molar-refractivity contribution >= 4 is 29.7 Å². The van der Waals surface area contributed by atoms with Gasteiger partial charge in [0, 0.05) is 28.8 Å². The molecule has 2 aromatic rings.